The Labute approximate surface area is 108 Å². The molecule has 2 aromatic rings. The third-order valence-corrected chi connectivity index (χ3v) is 3.93. The quantitative estimate of drug-likeness (QED) is 0.865. The van der Waals surface area contributed by atoms with Gasteiger partial charge in [0, 0.05) is 25.7 Å². The first kappa shape index (κ1) is 11.9. The van der Waals surface area contributed by atoms with Gasteiger partial charge in [-0.1, -0.05) is 11.2 Å². The Hall–Kier alpha value is -1.21. The van der Waals surface area contributed by atoms with E-state index in [2.05, 4.69) is 5.16 Å². The standard InChI is InChI=1S/C12H14N2O3S/c15-9-6-14(7-10(9)16)5-8-4-11(17-13-8)12-2-1-3-18-12/h1-4,9-10,15-16H,5-7H2/t9-,10+. The number of β-amino-alcohol motifs (C(OH)–C–C–N with tert-alkyl or cyclic N) is 2. The van der Waals surface area contributed by atoms with Gasteiger partial charge in [0.1, 0.15) is 0 Å². The topological polar surface area (TPSA) is 69.7 Å². The molecule has 0 aromatic carbocycles. The average Bonchev–Trinajstić information content (AvgIpc) is 3.02. The van der Waals surface area contributed by atoms with Gasteiger partial charge in [-0.2, -0.15) is 0 Å². The second-order valence-electron chi connectivity index (χ2n) is 4.49. The van der Waals surface area contributed by atoms with Gasteiger partial charge in [-0.3, -0.25) is 4.90 Å². The molecule has 0 saturated carbocycles. The zero-order valence-corrected chi connectivity index (χ0v) is 10.5. The number of rotatable bonds is 3. The van der Waals surface area contributed by atoms with Crippen LogP contribution in [0.3, 0.4) is 0 Å². The predicted molar refractivity (Wildman–Crippen MR) is 67.1 cm³/mol. The van der Waals surface area contributed by atoms with E-state index in [0.29, 0.717) is 19.6 Å². The second kappa shape index (κ2) is 4.81. The van der Waals surface area contributed by atoms with Gasteiger partial charge in [0.2, 0.25) is 0 Å². The molecule has 3 rings (SSSR count). The molecule has 2 aromatic heterocycles. The highest BCUT2D eigenvalue weighted by molar-refractivity contribution is 7.13. The lowest BCUT2D eigenvalue weighted by Gasteiger charge is -2.11. The highest BCUT2D eigenvalue weighted by Gasteiger charge is 2.29. The lowest BCUT2D eigenvalue weighted by Crippen LogP contribution is -2.22. The molecule has 0 spiro atoms. The Kier molecular flexibility index (Phi) is 3.17. The summed E-state index contributed by atoms with van der Waals surface area (Å²) in [7, 11) is 0. The molecular weight excluding hydrogens is 252 g/mol. The van der Waals surface area contributed by atoms with Crippen molar-refractivity contribution in [3.63, 3.8) is 0 Å². The summed E-state index contributed by atoms with van der Waals surface area (Å²) < 4.78 is 5.28. The largest absolute Gasteiger partial charge is 0.389 e. The van der Waals surface area contributed by atoms with Crippen LogP contribution in [0.5, 0.6) is 0 Å². The van der Waals surface area contributed by atoms with Gasteiger partial charge in [0.05, 0.1) is 22.8 Å². The van der Waals surface area contributed by atoms with Crippen LogP contribution < -0.4 is 0 Å². The fraction of sp³-hybridized carbons (Fsp3) is 0.417. The molecule has 5 nitrogen and oxygen atoms in total. The highest BCUT2D eigenvalue weighted by Crippen LogP contribution is 2.25. The first-order chi connectivity index (χ1) is 8.72. The Balaban J connectivity index is 1.68. The van der Waals surface area contributed by atoms with Crippen molar-refractivity contribution in [3.05, 3.63) is 29.3 Å². The Morgan fingerprint density at radius 2 is 2.17 bits per heavy atom. The van der Waals surface area contributed by atoms with Gasteiger partial charge in [-0.25, -0.2) is 0 Å². The number of aliphatic hydroxyl groups is 2. The fourth-order valence-corrected chi connectivity index (χ4v) is 2.80. The van der Waals surface area contributed by atoms with E-state index < -0.39 is 12.2 Å². The molecule has 0 aliphatic carbocycles. The smallest absolute Gasteiger partial charge is 0.177 e. The highest BCUT2D eigenvalue weighted by atomic mass is 32.1. The lowest BCUT2D eigenvalue weighted by molar-refractivity contribution is 0.0572. The third-order valence-electron chi connectivity index (χ3n) is 3.04. The van der Waals surface area contributed by atoms with E-state index in [1.165, 1.54) is 0 Å². The normalized spacial score (nSPS) is 24.8. The summed E-state index contributed by atoms with van der Waals surface area (Å²) in [6.45, 7) is 1.54. The molecule has 0 bridgehead atoms. The summed E-state index contributed by atoms with van der Waals surface area (Å²) in [5.74, 6) is 0.764. The molecule has 0 amide bonds. The lowest BCUT2D eigenvalue weighted by atomic mass is 10.3. The molecule has 1 aliphatic rings. The Morgan fingerprint density at radius 1 is 1.39 bits per heavy atom. The van der Waals surface area contributed by atoms with Crippen LogP contribution in [0.2, 0.25) is 0 Å². The van der Waals surface area contributed by atoms with Gasteiger partial charge in [0.25, 0.3) is 0 Å². The first-order valence-electron chi connectivity index (χ1n) is 5.80. The third kappa shape index (κ3) is 2.32. The van der Waals surface area contributed by atoms with Crippen LogP contribution in [0, 0.1) is 0 Å². The number of nitrogens with zero attached hydrogens (tertiary/aromatic N) is 2. The second-order valence-corrected chi connectivity index (χ2v) is 5.44. The Morgan fingerprint density at radius 3 is 2.83 bits per heavy atom. The first-order valence-corrected chi connectivity index (χ1v) is 6.68. The van der Waals surface area contributed by atoms with Crippen molar-refractivity contribution in [1.82, 2.24) is 10.1 Å². The van der Waals surface area contributed by atoms with Crippen molar-refractivity contribution in [2.24, 2.45) is 0 Å². The number of likely N-dealkylation sites (tertiary alicyclic amines) is 1. The molecule has 96 valence electrons. The summed E-state index contributed by atoms with van der Waals surface area (Å²) in [5, 5.41) is 24.9. The van der Waals surface area contributed by atoms with E-state index in [9.17, 15) is 10.2 Å². The molecule has 0 radical (unpaired) electrons. The van der Waals surface area contributed by atoms with Crippen LogP contribution >= 0.6 is 11.3 Å². The molecule has 2 N–H and O–H groups in total. The van der Waals surface area contributed by atoms with Crippen LogP contribution in [0.4, 0.5) is 0 Å². The van der Waals surface area contributed by atoms with Crippen LogP contribution in [0.1, 0.15) is 5.69 Å². The summed E-state index contributed by atoms with van der Waals surface area (Å²) in [4.78, 5) is 3.01. The number of thiophene rings is 1. The zero-order valence-electron chi connectivity index (χ0n) is 9.69. The molecule has 1 aliphatic heterocycles. The van der Waals surface area contributed by atoms with E-state index >= 15 is 0 Å². The van der Waals surface area contributed by atoms with Crippen LogP contribution in [0.25, 0.3) is 10.6 Å². The SMILES string of the molecule is O[C@@H]1CN(Cc2cc(-c3cccs3)on2)C[C@@H]1O. The minimum atomic E-state index is -0.659. The molecule has 1 saturated heterocycles. The zero-order chi connectivity index (χ0) is 12.5. The minimum absolute atomic E-state index is 0.475. The fourth-order valence-electron chi connectivity index (χ4n) is 2.13. The van der Waals surface area contributed by atoms with E-state index in [4.69, 9.17) is 4.52 Å². The minimum Gasteiger partial charge on any atom is -0.389 e. The van der Waals surface area contributed by atoms with Crippen molar-refractivity contribution in [2.75, 3.05) is 13.1 Å². The summed E-state index contributed by atoms with van der Waals surface area (Å²) in [5.41, 5.74) is 0.819. The van der Waals surface area contributed by atoms with E-state index in [1.807, 2.05) is 28.5 Å². The predicted octanol–water partition coefficient (Wildman–Crippen LogP) is 0.940. The van der Waals surface area contributed by atoms with Crippen LogP contribution in [-0.4, -0.2) is 45.6 Å². The maximum absolute atomic E-state index is 9.47. The van der Waals surface area contributed by atoms with E-state index in [0.717, 1.165) is 16.3 Å². The molecular formula is C12H14N2O3S. The summed E-state index contributed by atoms with van der Waals surface area (Å²) in [6, 6.07) is 5.86. The van der Waals surface area contributed by atoms with Crippen LogP contribution in [-0.2, 0) is 6.54 Å². The number of hydrogen-bond acceptors (Lipinski definition) is 6. The van der Waals surface area contributed by atoms with Crippen molar-refractivity contribution < 1.29 is 14.7 Å². The van der Waals surface area contributed by atoms with E-state index in [1.54, 1.807) is 11.3 Å². The van der Waals surface area contributed by atoms with Gasteiger partial charge in [-0.05, 0) is 11.4 Å². The van der Waals surface area contributed by atoms with Crippen molar-refractivity contribution in [2.45, 2.75) is 18.8 Å². The maximum Gasteiger partial charge on any atom is 0.177 e. The van der Waals surface area contributed by atoms with Crippen molar-refractivity contribution in [3.8, 4) is 10.6 Å². The maximum atomic E-state index is 9.47. The monoisotopic (exact) mass is 266 g/mol. The summed E-state index contributed by atoms with van der Waals surface area (Å²) in [6.07, 6.45) is -1.32. The number of aromatic nitrogens is 1. The van der Waals surface area contributed by atoms with Gasteiger partial charge in [-0.15, -0.1) is 11.3 Å². The van der Waals surface area contributed by atoms with Crippen molar-refractivity contribution in [1.29, 1.82) is 0 Å². The van der Waals surface area contributed by atoms with Gasteiger partial charge >= 0.3 is 0 Å². The number of hydrogen-bond donors (Lipinski definition) is 2. The Bertz CT molecular complexity index is 501. The van der Waals surface area contributed by atoms with E-state index in [-0.39, 0.29) is 0 Å². The molecule has 0 unspecified atom stereocenters. The van der Waals surface area contributed by atoms with Crippen molar-refractivity contribution >= 4 is 11.3 Å². The summed E-state index contributed by atoms with van der Waals surface area (Å²) >= 11 is 1.61. The number of aliphatic hydroxyl groups excluding tert-OH is 2. The average molecular weight is 266 g/mol. The molecule has 18 heavy (non-hydrogen) atoms. The van der Waals surface area contributed by atoms with Crippen LogP contribution in [0.15, 0.2) is 28.1 Å². The molecule has 2 atom stereocenters. The van der Waals surface area contributed by atoms with Gasteiger partial charge in [0.15, 0.2) is 5.76 Å². The molecule has 6 heteroatoms. The molecule has 1 fully saturated rings. The van der Waals surface area contributed by atoms with Gasteiger partial charge < -0.3 is 14.7 Å². The molecule has 3 heterocycles.